The van der Waals surface area contributed by atoms with Crippen molar-refractivity contribution in [1.82, 2.24) is 0 Å². The van der Waals surface area contributed by atoms with Crippen molar-refractivity contribution in [2.45, 2.75) is 61.8 Å². The van der Waals surface area contributed by atoms with Gasteiger partial charge in [-0.25, -0.2) is 0 Å². The van der Waals surface area contributed by atoms with Gasteiger partial charge in [-0.2, -0.15) is 0 Å². The summed E-state index contributed by atoms with van der Waals surface area (Å²) in [6.07, 6.45) is -1.07. The second-order valence-corrected chi connectivity index (χ2v) is 13.2. The van der Waals surface area contributed by atoms with Crippen molar-refractivity contribution in [3.05, 3.63) is 179 Å². The summed E-state index contributed by atoms with van der Waals surface area (Å²) in [6, 6.07) is 49.2. The van der Waals surface area contributed by atoms with Gasteiger partial charge in [-0.15, -0.1) is 11.8 Å². The zero-order valence-corrected chi connectivity index (χ0v) is 27.3. The second kappa shape index (κ2) is 17.4. The van der Waals surface area contributed by atoms with Gasteiger partial charge >= 0.3 is 0 Å². The van der Waals surface area contributed by atoms with Gasteiger partial charge in [0.15, 0.2) is 0 Å². The molecule has 1 N–H and O–H groups in total. The van der Waals surface area contributed by atoms with E-state index in [4.69, 9.17) is 18.9 Å². The number of thioether (sulfide) groups is 1. The smallest absolute Gasteiger partial charge is 0.113 e. The minimum atomic E-state index is -0.406. The van der Waals surface area contributed by atoms with Gasteiger partial charge in [0.1, 0.15) is 18.3 Å². The first-order valence-electron chi connectivity index (χ1n) is 16.2. The highest BCUT2D eigenvalue weighted by molar-refractivity contribution is 8.00. The average molecular weight is 647 g/mol. The fourth-order valence-corrected chi connectivity index (χ4v) is 7.56. The van der Waals surface area contributed by atoms with E-state index in [0.29, 0.717) is 33.0 Å². The zero-order chi connectivity index (χ0) is 32.1. The first kappa shape index (κ1) is 33.2. The molecule has 6 rings (SSSR count). The van der Waals surface area contributed by atoms with Crippen LogP contribution < -0.4 is 0 Å². The SMILES string of the molecule is OCc1cccc([C@@H]2S[C@H](COCc3ccccc3)[C@@H](OCc3ccccc3)[C@H](OCc3ccccc3)[C@H]2OCc2ccccc2)c1. The van der Waals surface area contributed by atoms with Crippen LogP contribution in [-0.4, -0.2) is 35.3 Å². The third kappa shape index (κ3) is 9.42. The Morgan fingerprint density at radius 2 is 0.915 bits per heavy atom. The maximum atomic E-state index is 10.0. The summed E-state index contributed by atoms with van der Waals surface area (Å²) < 4.78 is 27.1. The van der Waals surface area contributed by atoms with Crippen LogP contribution in [0.2, 0.25) is 0 Å². The standard InChI is InChI=1S/C41H42O5S/c42-25-35-22-13-23-36(24-35)41-40(46-29-34-20-11-4-12-21-34)39(45-28-33-18-9-3-10-19-33)38(44-27-32-16-7-2-8-17-32)37(47-41)30-43-26-31-14-5-1-6-15-31/h1-24,37-42H,25-30H2/t37-,38-,39+,40-,41+/m1/s1. The molecule has 242 valence electrons. The van der Waals surface area contributed by atoms with Crippen molar-refractivity contribution < 1.29 is 24.1 Å². The lowest BCUT2D eigenvalue weighted by Gasteiger charge is -2.46. The van der Waals surface area contributed by atoms with Crippen LogP contribution in [0.25, 0.3) is 0 Å². The van der Waals surface area contributed by atoms with Crippen molar-refractivity contribution >= 4 is 11.8 Å². The molecule has 1 saturated heterocycles. The fraction of sp³-hybridized carbons (Fsp3) is 0.268. The van der Waals surface area contributed by atoms with Crippen LogP contribution in [-0.2, 0) is 52.0 Å². The largest absolute Gasteiger partial charge is 0.392 e. The Hall–Kier alpha value is -3.75. The Morgan fingerprint density at radius 3 is 1.43 bits per heavy atom. The molecule has 0 aliphatic carbocycles. The number of ether oxygens (including phenoxy) is 4. The number of hydrogen-bond donors (Lipinski definition) is 1. The lowest BCUT2D eigenvalue weighted by molar-refractivity contribution is -0.160. The Kier molecular flexibility index (Phi) is 12.3. The maximum absolute atomic E-state index is 10.0. The van der Waals surface area contributed by atoms with Crippen LogP contribution in [0.3, 0.4) is 0 Å². The summed E-state index contributed by atoms with van der Waals surface area (Å²) in [4.78, 5) is 0. The molecule has 0 amide bonds. The Labute approximate surface area is 282 Å². The van der Waals surface area contributed by atoms with Crippen molar-refractivity contribution in [2.75, 3.05) is 6.61 Å². The minimum absolute atomic E-state index is 0.0267. The highest BCUT2D eigenvalue weighted by Gasteiger charge is 2.48. The third-order valence-electron chi connectivity index (χ3n) is 8.35. The quantitative estimate of drug-likeness (QED) is 0.124. The van der Waals surface area contributed by atoms with Crippen LogP contribution in [0.4, 0.5) is 0 Å². The van der Waals surface area contributed by atoms with Crippen LogP contribution in [0.5, 0.6) is 0 Å². The first-order chi connectivity index (χ1) is 23.3. The molecule has 0 aromatic heterocycles. The van der Waals surface area contributed by atoms with E-state index in [1.54, 1.807) is 0 Å². The maximum Gasteiger partial charge on any atom is 0.113 e. The van der Waals surface area contributed by atoms with Gasteiger partial charge in [0.05, 0.1) is 50.1 Å². The Morgan fingerprint density at radius 1 is 0.468 bits per heavy atom. The average Bonchev–Trinajstić information content (AvgIpc) is 3.14. The highest BCUT2D eigenvalue weighted by atomic mass is 32.2. The Balaban J connectivity index is 1.35. The van der Waals surface area contributed by atoms with E-state index in [0.717, 1.165) is 33.4 Å². The molecule has 0 radical (unpaired) electrons. The zero-order valence-electron chi connectivity index (χ0n) is 26.5. The molecule has 1 heterocycles. The van der Waals surface area contributed by atoms with E-state index in [1.165, 1.54) is 0 Å². The van der Waals surface area contributed by atoms with E-state index >= 15 is 0 Å². The monoisotopic (exact) mass is 646 g/mol. The molecule has 6 heteroatoms. The molecule has 0 bridgehead atoms. The van der Waals surface area contributed by atoms with E-state index in [2.05, 4.69) is 60.7 Å². The van der Waals surface area contributed by atoms with Crippen molar-refractivity contribution in [1.29, 1.82) is 0 Å². The molecule has 1 aliphatic rings. The van der Waals surface area contributed by atoms with Crippen LogP contribution in [0.15, 0.2) is 146 Å². The van der Waals surface area contributed by atoms with Crippen molar-refractivity contribution in [2.24, 2.45) is 0 Å². The van der Waals surface area contributed by atoms with E-state index in [9.17, 15) is 5.11 Å². The van der Waals surface area contributed by atoms with E-state index < -0.39 is 6.10 Å². The summed E-state index contributed by atoms with van der Waals surface area (Å²) in [5.74, 6) is 0. The summed E-state index contributed by atoms with van der Waals surface area (Å²) in [6.45, 7) is 2.27. The molecule has 0 spiro atoms. The van der Waals surface area contributed by atoms with Crippen LogP contribution in [0, 0.1) is 0 Å². The predicted molar refractivity (Wildman–Crippen MR) is 188 cm³/mol. The summed E-state index contributed by atoms with van der Waals surface area (Å²) in [5.41, 5.74) is 6.36. The van der Waals surface area contributed by atoms with E-state index in [-0.39, 0.29) is 29.3 Å². The summed E-state index contributed by atoms with van der Waals surface area (Å²) in [5, 5.41) is 9.89. The van der Waals surface area contributed by atoms with Gasteiger partial charge in [-0.05, 0) is 33.4 Å². The van der Waals surface area contributed by atoms with E-state index in [1.807, 2.05) is 96.7 Å². The number of rotatable bonds is 15. The van der Waals surface area contributed by atoms with Gasteiger partial charge in [0.2, 0.25) is 0 Å². The van der Waals surface area contributed by atoms with Gasteiger partial charge in [-0.3, -0.25) is 0 Å². The molecule has 1 aliphatic heterocycles. The van der Waals surface area contributed by atoms with Crippen LogP contribution in [0.1, 0.15) is 38.6 Å². The van der Waals surface area contributed by atoms with Gasteiger partial charge in [-0.1, -0.05) is 146 Å². The molecular formula is C41H42O5S. The molecule has 0 saturated carbocycles. The fourth-order valence-electron chi connectivity index (χ4n) is 5.93. The molecule has 1 fully saturated rings. The summed E-state index contributed by atoms with van der Waals surface area (Å²) in [7, 11) is 0. The molecular weight excluding hydrogens is 605 g/mol. The third-order valence-corrected chi connectivity index (χ3v) is 9.93. The second-order valence-electron chi connectivity index (χ2n) is 11.8. The molecule has 47 heavy (non-hydrogen) atoms. The van der Waals surface area contributed by atoms with Gasteiger partial charge in [0.25, 0.3) is 0 Å². The molecule has 5 aromatic rings. The molecule has 5 atom stereocenters. The van der Waals surface area contributed by atoms with Crippen molar-refractivity contribution in [3.8, 4) is 0 Å². The lowest BCUT2D eigenvalue weighted by atomic mass is 9.95. The highest BCUT2D eigenvalue weighted by Crippen LogP contribution is 2.47. The Bertz CT molecular complexity index is 1600. The predicted octanol–water partition coefficient (Wildman–Crippen LogP) is 8.31. The van der Waals surface area contributed by atoms with Gasteiger partial charge in [0, 0.05) is 0 Å². The van der Waals surface area contributed by atoms with Crippen LogP contribution >= 0.6 is 11.8 Å². The normalized spacial score (nSPS) is 21.0. The van der Waals surface area contributed by atoms with Crippen molar-refractivity contribution in [3.63, 3.8) is 0 Å². The number of aliphatic hydroxyl groups is 1. The molecule has 5 aromatic carbocycles. The first-order valence-corrected chi connectivity index (χ1v) is 17.1. The molecule has 5 nitrogen and oxygen atoms in total. The number of benzene rings is 5. The molecule has 0 unspecified atom stereocenters. The lowest BCUT2D eigenvalue weighted by Crippen LogP contribution is -2.54. The van der Waals surface area contributed by atoms with Gasteiger partial charge < -0.3 is 24.1 Å². The summed E-state index contributed by atoms with van der Waals surface area (Å²) >= 11 is 1.81. The topological polar surface area (TPSA) is 57.2 Å². The number of hydrogen-bond acceptors (Lipinski definition) is 6. The number of aliphatic hydroxyl groups excluding tert-OH is 1. The minimum Gasteiger partial charge on any atom is -0.392 e.